The summed E-state index contributed by atoms with van der Waals surface area (Å²) in [5, 5.41) is 8.92. The van der Waals surface area contributed by atoms with Gasteiger partial charge >= 0.3 is 0 Å². The lowest BCUT2D eigenvalue weighted by molar-refractivity contribution is 0.527. The first-order chi connectivity index (χ1) is 7.63. The predicted octanol–water partition coefficient (Wildman–Crippen LogP) is 3.10. The second-order valence-corrected chi connectivity index (χ2v) is 4.96. The summed E-state index contributed by atoms with van der Waals surface area (Å²) < 4.78 is 3.07. The lowest BCUT2D eigenvalue weighted by Crippen LogP contribution is -2.04. The van der Waals surface area contributed by atoms with Crippen LogP contribution >= 0.6 is 15.9 Å². The summed E-state index contributed by atoms with van der Waals surface area (Å²) in [6.45, 7) is 5.14. The molecule has 0 aliphatic heterocycles. The molecule has 0 aliphatic rings. The Hall–Kier alpha value is -0.870. The molecule has 1 aromatic carbocycles. The average Bonchev–Trinajstić information content (AvgIpc) is 2.56. The first-order valence-corrected chi connectivity index (χ1v) is 6.24. The molecule has 3 nitrogen and oxygen atoms in total. The third kappa shape index (κ3) is 1.99. The van der Waals surface area contributed by atoms with Gasteiger partial charge in [0.1, 0.15) is 4.60 Å². The molecule has 0 aliphatic carbocycles. The van der Waals surface area contributed by atoms with Crippen molar-refractivity contribution in [3.8, 4) is 0 Å². The molecule has 0 amide bonds. The lowest BCUT2D eigenvalue weighted by Gasteiger charge is -2.05. The summed E-state index contributed by atoms with van der Waals surface area (Å²) in [7, 11) is 1.95. The van der Waals surface area contributed by atoms with Gasteiger partial charge in [0.2, 0.25) is 0 Å². The maximum absolute atomic E-state index is 4.60. The maximum atomic E-state index is 4.60. The minimum absolute atomic E-state index is 0.370. The topological polar surface area (TPSA) is 29.9 Å². The van der Waals surface area contributed by atoms with Crippen molar-refractivity contribution in [2.75, 3.05) is 7.05 Å². The lowest BCUT2D eigenvalue weighted by atomic mass is 10.2. The Balaban J connectivity index is 2.54. The zero-order chi connectivity index (χ0) is 11.7. The molecule has 0 atom stereocenters. The summed E-state index contributed by atoms with van der Waals surface area (Å²) in [6, 6.07) is 6.76. The zero-order valence-electron chi connectivity index (χ0n) is 9.79. The molecule has 2 rings (SSSR count). The summed E-state index contributed by atoms with van der Waals surface area (Å²) in [5.41, 5.74) is 2.31. The highest BCUT2D eigenvalue weighted by molar-refractivity contribution is 9.10. The van der Waals surface area contributed by atoms with Crippen LogP contribution in [0.15, 0.2) is 22.8 Å². The van der Waals surface area contributed by atoms with Crippen LogP contribution in [0.2, 0.25) is 0 Å². The number of nitrogens with zero attached hydrogens (tertiary/aromatic N) is 2. The number of hydrogen-bond donors (Lipinski definition) is 1. The van der Waals surface area contributed by atoms with E-state index in [1.54, 1.807) is 0 Å². The highest BCUT2D eigenvalue weighted by Gasteiger charge is 2.10. The molecule has 1 aromatic heterocycles. The van der Waals surface area contributed by atoms with Crippen LogP contribution in [0.5, 0.6) is 0 Å². The van der Waals surface area contributed by atoms with E-state index in [0.717, 1.165) is 16.7 Å². The van der Waals surface area contributed by atoms with Crippen molar-refractivity contribution in [2.45, 2.75) is 26.4 Å². The van der Waals surface area contributed by atoms with E-state index in [2.05, 4.69) is 58.4 Å². The van der Waals surface area contributed by atoms with E-state index < -0.39 is 0 Å². The third-order valence-corrected chi connectivity index (χ3v) is 3.36. The largest absolute Gasteiger partial charge is 0.316 e. The van der Waals surface area contributed by atoms with Gasteiger partial charge in [0.25, 0.3) is 0 Å². The average molecular weight is 282 g/mol. The third-order valence-electron chi connectivity index (χ3n) is 2.57. The van der Waals surface area contributed by atoms with Crippen molar-refractivity contribution in [1.82, 2.24) is 15.1 Å². The van der Waals surface area contributed by atoms with Gasteiger partial charge in [-0.25, -0.2) is 0 Å². The quantitative estimate of drug-likeness (QED) is 0.937. The van der Waals surface area contributed by atoms with Gasteiger partial charge in [-0.1, -0.05) is 6.07 Å². The van der Waals surface area contributed by atoms with E-state index in [1.807, 2.05) is 11.7 Å². The summed E-state index contributed by atoms with van der Waals surface area (Å²) >= 11 is 3.60. The highest BCUT2D eigenvalue weighted by atomic mass is 79.9. The second kappa shape index (κ2) is 4.55. The van der Waals surface area contributed by atoms with E-state index in [1.165, 1.54) is 10.9 Å². The summed E-state index contributed by atoms with van der Waals surface area (Å²) in [4.78, 5) is 0. The summed E-state index contributed by atoms with van der Waals surface area (Å²) in [5.74, 6) is 0. The molecule has 1 N–H and O–H groups in total. The van der Waals surface area contributed by atoms with E-state index in [-0.39, 0.29) is 0 Å². The van der Waals surface area contributed by atoms with E-state index in [0.29, 0.717) is 6.04 Å². The van der Waals surface area contributed by atoms with Gasteiger partial charge in [0.15, 0.2) is 0 Å². The zero-order valence-corrected chi connectivity index (χ0v) is 11.4. The first-order valence-electron chi connectivity index (χ1n) is 5.44. The van der Waals surface area contributed by atoms with Crippen LogP contribution in [-0.4, -0.2) is 16.8 Å². The molecule has 16 heavy (non-hydrogen) atoms. The van der Waals surface area contributed by atoms with Crippen LogP contribution < -0.4 is 5.32 Å². The molecule has 0 saturated carbocycles. The Morgan fingerprint density at radius 2 is 2.19 bits per heavy atom. The van der Waals surface area contributed by atoms with Gasteiger partial charge in [-0.15, -0.1) is 0 Å². The first kappa shape index (κ1) is 11.6. The van der Waals surface area contributed by atoms with Gasteiger partial charge in [-0.2, -0.15) is 5.10 Å². The molecule has 0 bridgehead atoms. The van der Waals surface area contributed by atoms with E-state index in [9.17, 15) is 0 Å². The molecular formula is C12H16BrN3. The van der Waals surface area contributed by atoms with Gasteiger partial charge in [-0.3, -0.25) is 4.68 Å². The number of nitrogens with one attached hydrogen (secondary N) is 1. The number of halogens is 1. The minimum atomic E-state index is 0.370. The Bertz CT molecular complexity index is 502. The number of aromatic nitrogens is 2. The van der Waals surface area contributed by atoms with Crippen LogP contribution in [0, 0.1) is 0 Å². The Kier molecular flexibility index (Phi) is 3.30. The summed E-state index contributed by atoms with van der Waals surface area (Å²) in [6.07, 6.45) is 0. The van der Waals surface area contributed by atoms with Crippen molar-refractivity contribution in [2.24, 2.45) is 0 Å². The SMILES string of the molecule is CNCc1ccc2c(Br)n(C(C)C)nc2c1. The molecular weight excluding hydrogens is 266 g/mol. The van der Waals surface area contributed by atoms with E-state index >= 15 is 0 Å². The van der Waals surface area contributed by atoms with Gasteiger partial charge in [0.05, 0.1) is 5.52 Å². The monoisotopic (exact) mass is 281 g/mol. The molecule has 0 saturated heterocycles. The molecule has 4 heteroatoms. The van der Waals surface area contributed by atoms with Gasteiger partial charge in [0, 0.05) is 18.0 Å². The molecule has 1 heterocycles. The fourth-order valence-corrected chi connectivity index (χ4v) is 2.60. The predicted molar refractivity (Wildman–Crippen MR) is 70.6 cm³/mol. The van der Waals surface area contributed by atoms with E-state index in [4.69, 9.17) is 0 Å². The molecule has 0 unspecified atom stereocenters. The highest BCUT2D eigenvalue weighted by Crippen LogP contribution is 2.27. The van der Waals surface area contributed by atoms with Crippen molar-refractivity contribution in [3.63, 3.8) is 0 Å². The van der Waals surface area contributed by atoms with Crippen LogP contribution in [0.1, 0.15) is 25.5 Å². The van der Waals surface area contributed by atoms with Crippen molar-refractivity contribution in [3.05, 3.63) is 28.4 Å². The number of benzene rings is 1. The number of rotatable bonds is 3. The fraction of sp³-hybridized carbons (Fsp3) is 0.417. The van der Waals surface area contributed by atoms with Crippen LogP contribution in [0.25, 0.3) is 10.9 Å². The number of fused-ring (bicyclic) bond motifs is 1. The Morgan fingerprint density at radius 1 is 1.44 bits per heavy atom. The Morgan fingerprint density at radius 3 is 2.81 bits per heavy atom. The van der Waals surface area contributed by atoms with Crippen LogP contribution in [0.3, 0.4) is 0 Å². The van der Waals surface area contributed by atoms with Crippen LogP contribution in [0.4, 0.5) is 0 Å². The standard InChI is InChI=1S/C12H16BrN3/c1-8(2)16-12(13)10-5-4-9(7-14-3)6-11(10)15-16/h4-6,8,14H,7H2,1-3H3. The maximum Gasteiger partial charge on any atom is 0.112 e. The molecule has 2 aromatic rings. The smallest absolute Gasteiger partial charge is 0.112 e. The van der Waals surface area contributed by atoms with Crippen molar-refractivity contribution >= 4 is 26.8 Å². The normalized spacial score (nSPS) is 11.6. The Labute approximate surface area is 104 Å². The van der Waals surface area contributed by atoms with Crippen LogP contribution in [-0.2, 0) is 6.54 Å². The second-order valence-electron chi connectivity index (χ2n) is 4.21. The molecule has 0 radical (unpaired) electrons. The van der Waals surface area contributed by atoms with Gasteiger partial charge in [-0.05, 0) is 54.5 Å². The molecule has 86 valence electrons. The van der Waals surface area contributed by atoms with Crippen molar-refractivity contribution < 1.29 is 0 Å². The van der Waals surface area contributed by atoms with Gasteiger partial charge < -0.3 is 5.32 Å². The van der Waals surface area contributed by atoms with Crippen molar-refractivity contribution in [1.29, 1.82) is 0 Å². The number of hydrogen-bond acceptors (Lipinski definition) is 2. The minimum Gasteiger partial charge on any atom is -0.316 e. The molecule has 0 fully saturated rings. The molecule has 0 spiro atoms. The fourth-order valence-electron chi connectivity index (χ4n) is 1.77.